The van der Waals surface area contributed by atoms with Crippen molar-refractivity contribution in [1.29, 1.82) is 0 Å². The van der Waals surface area contributed by atoms with Gasteiger partial charge in [-0.25, -0.2) is 17.9 Å². The Balaban J connectivity index is 1.35. The van der Waals surface area contributed by atoms with E-state index in [0.717, 1.165) is 17.5 Å². The Morgan fingerprint density at radius 3 is 2.38 bits per heavy atom. The predicted octanol–water partition coefficient (Wildman–Crippen LogP) is 6.47. The summed E-state index contributed by atoms with van der Waals surface area (Å²) in [5, 5.41) is 4.86. The molecule has 1 aliphatic heterocycles. The molecule has 1 aliphatic carbocycles. The van der Waals surface area contributed by atoms with Crippen LogP contribution in [0.1, 0.15) is 61.4 Å². The van der Waals surface area contributed by atoms with Gasteiger partial charge < -0.3 is 9.80 Å². The van der Waals surface area contributed by atoms with Crippen LogP contribution in [0.5, 0.6) is 0 Å². The molecule has 3 aromatic rings. The Morgan fingerprint density at radius 1 is 1.03 bits per heavy atom. The second-order valence-electron chi connectivity index (χ2n) is 11.5. The number of piperidine rings is 1. The molecular weight excluding hydrogens is 525 g/mol. The second-order valence-corrected chi connectivity index (χ2v) is 11.9. The van der Waals surface area contributed by atoms with E-state index in [1.54, 1.807) is 16.8 Å². The van der Waals surface area contributed by atoms with Gasteiger partial charge in [-0.1, -0.05) is 17.7 Å². The Bertz CT molecular complexity index is 1380. The SMILES string of the molecule is Cc1cc(C2CCN(C(=O)[C@@H]3C[C@@](C)(N(C)C)C[C@H]3c3ccc(F)cc3F)CC2)n(-c2ccc(Cl)cc2F)n1. The second kappa shape index (κ2) is 10.6. The molecule has 9 heteroatoms. The van der Waals surface area contributed by atoms with Crippen molar-refractivity contribution >= 4 is 17.5 Å². The van der Waals surface area contributed by atoms with Crippen LogP contribution in [0.25, 0.3) is 5.69 Å². The molecule has 2 aliphatic rings. The first-order valence-electron chi connectivity index (χ1n) is 13.4. The molecule has 5 rings (SSSR count). The highest BCUT2D eigenvalue weighted by Gasteiger charge is 2.49. The molecule has 2 heterocycles. The number of benzene rings is 2. The van der Waals surface area contributed by atoms with Gasteiger partial charge in [0.1, 0.15) is 23.1 Å². The first kappa shape index (κ1) is 27.7. The predicted molar refractivity (Wildman–Crippen MR) is 146 cm³/mol. The van der Waals surface area contributed by atoms with Crippen molar-refractivity contribution < 1.29 is 18.0 Å². The summed E-state index contributed by atoms with van der Waals surface area (Å²) in [6, 6.07) is 10.2. The number of hydrogen-bond donors (Lipinski definition) is 0. The number of amides is 1. The minimum absolute atomic E-state index is 0.0150. The van der Waals surface area contributed by atoms with E-state index in [-0.39, 0.29) is 23.3 Å². The average Bonchev–Trinajstić information content (AvgIpc) is 3.44. The zero-order valence-electron chi connectivity index (χ0n) is 22.7. The van der Waals surface area contributed by atoms with Crippen LogP contribution < -0.4 is 0 Å². The number of rotatable bonds is 5. The standard InChI is InChI=1S/C30H34ClF3N4O/c1-18-13-28(38(35-18)27-8-5-20(31)14-26(27)34)19-9-11-37(12-10-19)29(39)24-17-30(2,36(3)4)16-23(24)22-7-6-21(32)15-25(22)33/h5-8,13-15,19,23-24H,9-12,16-17H2,1-4H3/t23-,24+,30-/m0/s1. The maximum atomic E-state index is 14.9. The van der Waals surface area contributed by atoms with Crippen LogP contribution in [-0.4, -0.2) is 58.2 Å². The quantitative estimate of drug-likeness (QED) is 0.360. The zero-order chi connectivity index (χ0) is 28.1. The van der Waals surface area contributed by atoms with Gasteiger partial charge in [-0.3, -0.25) is 4.79 Å². The maximum Gasteiger partial charge on any atom is 0.226 e. The Morgan fingerprint density at radius 2 is 1.74 bits per heavy atom. The zero-order valence-corrected chi connectivity index (χ0v) is 23.5. The van der Waals surface area contributed by atoms with Crippen LogP contribution in [0.2, 0.25) is 5.02 Å². The fraction of sp³-hybridized carbons (Fsp3) is 0.467. The summed E-state index contributed by atoms with van der Waals surface area (Å²) >= 11 is 5.95. The fourth-order valence-corrected chi connectivity index (χ4v) is 6.51. The van der Waals surface area contributed by atoms with Gasteiger partial charge in [0.15, 0.2) is 0 Å². The monoisotopic (exact) mass is 558 g/mol. The highest BCUT2D eigenvalue weighted by Crippen LogP contribution is 2.49. The van der Waals surface area contributed by atoms with Crippen LogP contribution in [-0.2, 0) is 4.79 Å². The average molecular weight is 559 g/mol. The molecule has 0 radical (unpaired) electrons. The smallest absolute Gasteiger partial charge is 0.226 e. The van der Waals surface area contributed by atoms with Crippen molar-refractivity contribution in [3.63, 3.8) is 0 Å². The van der Waals surface area contributed by atoms with E-state index in [2.05, 4.69) is 16.9 Å². The van der Waals surface area contributed by atoms with E-state index in [9.17, 15) is 18.0 Å². The lowest BCUT2D eigenvalue weighted by Gasteiger charge is -2.35. The molecule has 39 heavy (non-hydrogen) atoms. The molecule has 1 saturated heterocycles. The molecule has 5 nitrogen and oxygen atoms in total. The molecule has 2 fully saturated rings. The van der Waals surface area contributed by atoms with Gasteiger partial charge in [-0.2, -0.15) is 5.10 Å². The first-order chi connectivity index (χ1) is 18.5. The van der Waals surface area contributed by atoms with Gasteiger partial charge in [0.25, 0.3) is 0 Å². The lowest BCUT2D eigenvalue weighted by Crippen LogP contribution is -2.43. The number of halogens is 4. The minimum Gasteiger partial charge on any atom is -0.342 e. The molecule has 3 atom stereocenters. The number of carbonyl (C=O) groups excluding carboxylic acids is 1. The summed E-state index contributed by atoms with van der Waals surface area (Å²) in [4.78, 5) is 17.9. The summed E-state index contributed by atoms with van der Waals surface area (Å²) in [5.41, 5.74) is 2.17. The van der Waals surface area contributed by atoms with Crippen LogP contribution >= 0.6 is 11.6 Å². The van der Waals surface area contributed by atoms with Crippen molar-refractivity contribution in [3.05, 3.63) is 81.9 Å². The largest absolute Gasteiger partial charge is 0.342 e. The van der Waals surface area contributed by atoms with Crippen LogP contribution in [0, 0.1) is 30.3 Å². The van der Waals surface area contributed by atoms with Crippen molar-refractivity contribution in [3.8, 4) is 5.69 Å². The number of nitrogens with zero attached hydrogens (tertiary/aromatic N) is 4. The molecule has 1 amide bonds. The number of likely N-dealkylation sites (tertiary alicyclic amines) is 1. The third kappa shape index (κ3) is 5.33. The number of carbonyl (C=O) groups is 1. The van der Waals surface area contributed by atoms with E-state index in [0.29, 0.717) is 55.0 Å². The fourth-order valence-electron chi connectivity index (χ4n) is 6.36. The third-order valence-corrected chi connectivity index (χ3v) is 9.02. The minimum atomic E-state index is -0.623. The van der Waals surface area contributed by atoms with E-state index in [1.807, 2.05) is 32.0 Å². The molecule has 0 N–H and O–H groups in total. The summed E-state index contributed by atoms with van der Waals surface area (Å²) in [5.74, 6) is -2.28. The third-order valence-electron chi connectivity index (χ3n) is 8.79. The summed E-state index contributed by atoms with van der Waals surface area (Å²) < 4.78 is 44.9. The van der Waals surface area contributed by atoms with Crippen LogP contribution in [0.3, 0.4) is 0 Å². The van der Waals surface area contributed by atoms with E-state index >= 15 is 0 Å². The normalized spacial score (nSPS) is 24.1. The molecule has 1 aromatic heterocycles. The van der Waals surface area contributed by atoms with E-state index < -0.39 is 23.4 Å². The number of hydrogen-bond acceptors (Lipinski definition) is 3. The highest BCUT2D eigenvalue weighted by molar-refractivity contribution is 6.30. The highest BCUT2D eigenvalue weighted by atomic mass is 35.5. The van der Waals surface area contributed by atoms with E-state index in [1.165, 1.54) is 18.2 Å². The van der Waals surface area contributed by atoms with Crippen LogP contribution in [0.4, 0.5) is 13.2 Å². The van der Waals surface area contributed by atoms with E-state index in [4.69, 9.17) is 11.6 Å². The molecule has 2 aromatic carbocycles. The van der Waals surface area contributed by atoms with Gasteiger partial charge in [0.05, 0.1) is 5.69 Å². The Labute approximate surface area is 232 Å². The Hall–Kier alpha value is -2.84. The lowest BCUT2D eigenvalue weighted by atomic mass is 9.86. The molecular formula is C30H34ClF3N4O. The molecule has 0 unspecified atom stereocenters. The first-order valence-corrected chi connectivity index (χ1v) is 13.8. The number of aryl methyl sites for hydroxylation is 1. The van der Waals surface area contributed by atoms with Gasteiger partial charge in [0, 0.05) is 53.2 Å². The van der Waals surface area contributed by atoms with Gasteiger partial charge in [-0.05, 0) is 89.5 Å². The van der Waals surface area contributed by atoms with Gasteiger partial charge in [-0.15, -0.1) is 0 Å². The summed E-state index contributed by atoms with van der Waals surface area (Å²) in [6.45, 7) is 5.07. The van der Waals surface area contributed by atoms with Crippen molar-refractivity contribution in [2.45, 2.75) is 56.9 Å². The molecule has 208 valence electrons. The van der Waals surface area contributed by atoms with Gasteiger partial charge >= 0.3 is 0 Å². The summed E-state index contributed by atoms with van der Waals surface area (Å²) in [6.07, 6.45) is 2.63. The molecule has 0 bridgehead atoms. The number of aromatic nitrogens is 2. The maximum absolute atomic E-state index is 14.9. The van der Waals surface area contributed by atoms with Crippen molar-refractivity contribution in [2.75, 3.05) is 27.2 Å². The Kier molecular flexibility index (Phi) is 7.55. The lowest BCUT2D eigenvalue weighted by molar-refractivity contribution is -0.137. The summed E-state index contributed by atoms with van der Waals surface area (Å²) in [7, 11) is 3.95. The van der Waals surface area contributed by atoms with Crippen molar-refractivity contribution in [1.82, 2.24) is 19.6 Å². The molecule has 1 saturated carbocycles. The van der Waals surface area contributed by atoms with Crippen LogP contribution in [0.15, 0.2) is 42.5 Å². The molecule has 0 spiro atoms. The van der Waals surface area contributed by atoms with Gasteiger partial charge in [0.2, 0.25) is 5.91 Å². The topological polar surface area (TPSA) is 41.4 Å². The van der Waals surface area contributed by atoms with Crippen molar-refractivity contribution in [2.24, 2.45) is 5.92 Å².